The van der Waals surface area contributed by atoms with E-state index in [4.69, 9.17) is 16.0 Å². The third-order valence-electron chi connectivity index (χ3n) is 3.60. The highest BCUT2D eigenvalue weighted by Crippen LogP contribution is 2.31. The van der Waals surface area contributed by atoms with Gasteiger partial charge in [-0.3, -0.25) is 14.8 Å². The van der Waals surface area contributed by atoms with Gasteiger partial charge in [-0.05, 0) is 42.8 Å². The zero-order valence-electron chi connectivity index (χ0n) is 13.2. The van der Waals surface area contributed by atoms with E-state index in [0.29, 0.717) is 11.0 Å². The van der Waals surface area contributed by atoms with Crippen molar-refractivity contribution in [2.24, 2.45) is 0 Å². The molecule has 0 amide bonds. The van der Waals surface area contributed by atoms with E-state index in [-0.39, 0.29) is 21.2 Å². The van der Waals surface area contributed by atoms with Crippen LogP contribution in [0.2, 0.25) is 5.02 Å². The van der Waals surface area contributed by atoms with Crippen LogP contribution in [0.3, 0.4) is 0 Å². The fourth-order valence-corrected chi connectivity index (χ4v) is 4.00. The Morgan fingerprint density at radius 2 is 1.88 bits per heavy atom. The normalized spacial score (nSPS) is 11.5. The largest absolute Gasteiger partial charge is 0.423 e. The molecule has 0 bridgehead atoms. The Bertz CT molecular complexity index is 1200. The fraction of sp³-hybridized carbons (Fsp3) is 0.0625. The minimum atomic E-state index is -4.10. The summed E-state index contributed by atoms with van der Waals surface area (Å²) in [6.45, 7) is 1.49. The summed E-state index contributed by atoms with van der Waals surface area (Å²) in [7, 11) is -4.10. The summed E-state index contributed by atoms with van der Waals surface area (Å²) >= 11 is 5.79. The van der Waals surface area contributed by atoms with Crippen molar-refractivity contribution < 1.29 is 17.8 Å². The van der Waals surface area contributed by atoms with Crippen molar-refractivity contribution in [2.75, 3.05) is 4.72 Å². The number of rotatable bonds is 4. The molecule has 0 aliphatic heterocycles. The summed E-state index contributed by atoms with van der Waals surface area (Å²) in [6.07, 6.45) is 0. The Labute approximate surface area is 152 Å². The Morgan fingerprint density at radius 1 is 1.15 bits per heavy atom. The summed E-state index contributed by atoms with van der Waals surface area (Å²) in [5.41, 5.74) is -0.241. The molecule has 26 heavy (non-hydrogen) atoms. The van der Waals surface area contributed by atoms with Crippen LogP contribution in [0.25, 0.3) is 11.0 Å². The first-order chi connectivity index (χ1) is 12.2. The second kappa shape index (κ2) is 6.43. The number of hydrogen-bond acceptors (Lipinski definition) is 6. The Balaban J connectivity index is 2.04. The topological polar surface area (TPSA) is 120 Å². The van der Waals surface area contributed by atoms with Gasteiger partial charge in [0.15, 0.2) is 0 Å². The van der Waals surface area contributed by atoms with Gasteiger partial charge in [0.25, 0.3) is 15.7 Å². The van der Waals surface area contributed by atoms with Crippen LogP contribution in [-0.4, -0.2) is 13.3 Å². The number of nitro groups is 1. The van der Waals surface area contributed by atoms with Gasteiger partial charge < -0.3 is 4.42 Å². The minimum absolute atomic E-state index is 0.146. The van der Waals surface area contributed by atoms with E-state index in [2.05, 4.69) is 4.72 Å². The lowest BCUT2D eigenvalue weighted by atomic mass is 10.2. The van der Waals surface area contributed by atoms with Gasteiger partial charge >= 0.3 is 5.63 Å². The molecule has 0 unspecified atom stereocenters. The van der Waals surface area contributed by atoms with Gasteiger partial charge in [0.2, 0.25) is 0 Å². The number of nitro benzene ring substituents is 1. The first-order valence-electron chi connectivity index (χ1n) is 7.19. The number of hydrogen-bond donors (Lipinski definition) is 1. The molecule has 0 atom stereocenters. The summed E-state index contributed by atoms with van der Waals surface area (Å²) in [6, 6.07) is 9.21. The number of sulfonamides is 1. The SMILES string of the molecule is Cc1cc(Cl)c([N+](=O)[O-])cc1S(=O)(=O)Nc1ccc2oc(=O)ccc2c1. The molecule has 1 aromatic heterocycles. The van der Waals surface area contributed by atoms with Gasteiger partial charge in [0.1, 0.15) is 10.6 Å². The molecule has 134 valence electrons. The van der Waals surface area contributed by atoms with Crippen LogP contribution in [-0.2, 0) is 10.0 Å². The minimum Gasteiger partial charge on any atom is -0.423 e. The van der Waals surface area contributed by atoms with Crippen molar-refractivity contribution in [2.45, 2.75) is 11.8 Å². The van der Waals surface area contributed by atoms with Crippen molar-refractivity contribution in [3.05, 3.63) is 73.6 Å². The van der Waals surface area contributed by atoms with Gasteiger partial charge in [0.05, 0.1) is 9.82 Å². The maximum atomic E-state index is 12.6. The van der Waals surface area contributed by atoms with Crippen molar-refractivity contribution in [3.63, 3.8) is 0 Å². The molecule has 1 heterocycles. The van der Waals surface area contributed by atoms with Crippen molar-refractivity contribution in [3.8, 4) is 0 Å². The Morgan fingerprint density at radius 3 is 2.58 bits per heavy atom. The smallest absolute Gasteiger partial charge is 0.336 e. The maximum Gasteiger partial charge on any atom is 0.336 e. The molecule has 0 aliphatic carbocycles. The monoisotopic (exact) mass is 394 g/mol. The molecule has 2 aromatic carbocycles. The second-order valence-corrected chi connectivity index (χ2v) is 7.50. The molecule has 3 aromatic rings. The van der Waals surface area contributed by atoms with Gasteiger partial charge in [-0.2, -0.15) is 0 Å². The molecule has 3 rings (SSSR count). The molecule has 0 aliphatic rings. The number of aryl methyl sites for hydroxylation is 1. The average molecular weight is 395 g/mol. The highest BCUT2D eigenvalue weighted by atomic mass is 35.5. The first-order valence-corrected chi connectivity index (χ1v) is 9.05. The third-order valence-corrected chi connectivity index (χ3v) is 5.43. The molecule has 8 nitrogen and oxygen atoms in total. The van der Waals surface area contributed by atoms with Crippen LogP contribution in [0.4, 0.5) is 11.4 Å². The number of nitrogens with zero attached hydrogens (tertiary/aromatic N) is 1. The standard InChI is InChI=1S/C16H11ClN2O6S/c1-9-6-12(17)13(19(21)22)8-15(9)26(23,24)18-11-3-4-14-10(7-11)2-5-16(20)25-14/h2-8,18H,1H3. The Hall–Kier alpha value is -2.91. The zero-order valence-corrected chi connectivity index (χ0v) is 14.8. The highest BCUT2D eigenvalue weighted by Gasteiger charge is 2.23. The van der Waals surface area contributed by atoms with Crippen molar-refractivity contribution in [1.82, 2.24) is 0 Å². The molecule has 0 radical (unpaired) electrons. The number of nitrogens with one attached hydrogen (secondary N) is 1. The quantitative estimate of drug-likeness (QED) is 0.411. The van der Waals surface area contributed by atoms with Gasteiger partial charge in [0, 0.05) is 23.2 Å². The molecular weight excluding hydrogens is 384 g/mol. The van der Waals surface area contributed by atoms with Gasteiger partial charge in [-0.15, -0.1) is 0 Å². The van der Waals surface area contributed by atoms with Gasteiger partial charge in [-0.1, -0.05) is 11.6 Å². The van der Waals surface area contributed by atoms with Crippen LogP contribution < -0.4 is 10.3 Å². The predicted octanol–water partition coefficient (Wildman–Crippen LogP) is 3.46. The van der Waals surface area contributed by atoms with E-state index in [1.807, 2.05) is 0 Å². The van der Waals surface area contributed by atoms with Crippen molar-refractivity contribution >= 4 is 44.0 Å². The van der Waals surface area contributed by atoms with E-state index < -0.39 is 26.3 Å². The molecular formula is C16H11ClN2O6S. The predicted molar refractivity (Wildman–Crippen MR) is 96.1 cm³/mol. The van der Waals surface area contributed by atoms with E-state index in [1.54, 1.807) is 0 Å². The van der Waals surface area contributed by atoms with Crippen LogP contribution in [0, 0.1) is 17.0 Å². The van der Waals surface area contributed by atoms with Crippen LogP contribution >= 0.6 is 11.6 Å². The van der Waals surface area contributed by atoms with E-state index in [9.17, 15) is 23.3 Å². The molecule has 0 saturated heterocycles. The highest BCUT2D eigenvalue weighted by molar-refractivity contribution is 7.92. The van der Waals surface area contributed by atoms with Gasteiger partial charge in [-0.25, -0.2) is 13.2 Å². The van der Waals surface area contributed by atoms with Crippen LogP contribution in [0.1, 0.15) is 5.56 Å². The number of fused-ring (bicyclic) bond motifs is 1. The van der Waals surface area contributed by atoms with Crippen molar-refractivity contribution in [1.29, 1.82) is 0 Å². The molecule has 0 spiro atoms. The summed E-state index contributed by atoms with van der Waals surface area (Å²) < 4.78 is 32.6. The second-order valence-electron chi connectivity index (χ2n) is 5.44. The van der Waals surface area contributed by atoms with E-state index in [0.717, 1.165) is 6.07 Å². The van der Waals surface area contributed by atoms with Crippen LogP contribution in [0.15, 0.2) is 56.6 Å². The molecule has 0 saturated carbocycles. The summed E-state index contributed by atoms with van der Waals surface area (Å²) in [5, 5.41) is 11.4. The zero-order chi connectivity index (χ0) is 19.1. The first kappa shape index (κ1) is 17.9. The third kappa shape index (κ3) is 3.39. The summed E-state index contributed by atoms with van der Waals surface area (Å²) in [4.78, 5) is 21.2. The molecule has 10 heteroatoms. The van der Waals surface area contributed by atoms with E-state index in [1.165, 1.54) is 43.3 Å². The summed E-state index contributed by atoms with van der Waals surface area (Å²) in [5.74, 6) is 0. The lowest BCUT2D eigenvalue weighted by Gasteiger charge is -2.11. The average Bonchev–Trinajstić information content (AvgIpc) is 2.54. The number of halogens is 1. The van der Waals surface area contributed by atoms with E-state index >= 15 is 0 Å². The number of anilines is 1. The number of benzene rings is 2. The lowest BCUT2D eigenvalue weighted by Crippen LogP contribution is -2.14. The maximum absolute atomic E-state index is 12.6. The molecule has 0 fully saturated rings. The lowest BCUT2D eigenvalue weighted by molar-refractivity contribution is -0.384. The fourth-order valence-electron chi connectivity index (χ4n) is 2.42. The Kier molecular flexibility index (Phi) is 4.43. The van der Waals surface area contributed by atoms with Crippen LogP contribution in [0.5, 0.6) is 0 Å². The molecule has 1 N–H and O–H groups in total.